The molecule has 28 heavy (non-hydrogen) atoms. The molecule has 4 nitrogen and oxygen atoms in total. The number of thioether (sulfide) groups is 1. The summed E-state index contributed by atoms with van der Waals surface area (Å²) < 4.78 is 41.8. The molecule has 8 heteroatoms. The van der Waals surface area contributed by atoms with Gasteiger partial charge in [-0.3, -0.25) is 0 Å². The second-order valence-corrected chi connectivity index (χ2v) is 8.39. The van der Waals surface area contributed by atoms with Crippen molar-refractivity contribution in [3.8, 4) is 0 Å². The first-order valence-corrected chi connectivity index (χ1v) is 10.7. The van der Waals surface area contributed by atoms with Crippen molar-refractivity contribution in [1.29, 1.82) is 0 Å². The van der Waals surface area contributed by atoms with Crippen molar-refractivity contribution in [3.05, 3.63) is 29.3 Å². The molecule has 3 N–H and O–H groups in total. The fourth-order valence-electron chi connectivity index (χ4n) is 3.87. The van der Waals surface area contributed by atoms with Gasteiger partial charge in [0.1, 0.15) is 0 Å². The standard InChI is InChI=1S/C20H28F3N3OS/c1-3-7-25-11-15(27)12-26-17-9-14(20(21,22)23)4-5-16(17)18-13(10-24-2)6-8-28-19(18)26/h4-5,9,13,15,24-25,27H,3,6-8,10-12H2,1-2H3. The van der Waals surface area contributed by atoms with E-state index in [1.807, 2.05) is 18.5 Å². The van der Waals surface area contributed by atoms with Crippen LogP contribution in [-0.2, 0) is 12.7 Å². The van der Waals surface area contributed by atoms with Gasteiger partial charge in [-0.05, 0) is 44.1 Å². The largest absolute Gasteiger partial charge is 0.416 e. The Morgan fingerprint density at radius 1 is 1.36 bits per heavy atom. The number of aliphatic hydroxyl groups is 1. The lowest BCUT2D eigenvalue weighted by atomic mass is 9.95. The minimum Gasteiger partial charge on any atom is -0.390 e. The smallest absolute Gasteiger partial charge is 0.390 e. The monoisotopic (exact) mass is 415 g/mol. The van der Waals surface area contributed by atoms with Gasteiger partial charge in [-0.1, -0.05) is 13.0 Å². The first-order valence-electron chi connectivity index (χ1n) is 9.76. The van der Waals surface area contributed by atoms with Gasteiger partial charge >= 0.3 is 6.18 Å². The SMILES string of the molecule is CCCNCC(O)Cn1c2c(c3ccc(C(F)(F)F)cc31)C(CNC)CCS2. The van der Waals surface area contributed by atoms with Crippen LogP contribution in [-0.4, -0.2) is 48.2 Å². The highest BCUT2D eigenvalue weighted by Gasteiger charge is 2.33. The second-order valence-electron chi connectivity index (χ2n) is 7.31. The molecule has 156 valence electrons. The highest BCUT2D eigenvalue weighted by Crippen LogP contribution is 2.45. The molecule has 1 aromatic heterocycles. The molecule has 1 aliphatic heterocycles. The maximum atomic E-state index is 13.3. The summed E-state index contributed by atoms with van der Waals surface area (Å²) in [5, 5.41) is 18.7. The number of aliphatic hydroxyl groups excluding tert-OH is 1. The Kier molecular flexibility index (Phi) is 6.96. The molecule has 1 aliphatic rings. The molecule has 2 heterocycles. The third-order valence-corrected chi connectivity index (χ3v) is 6.30. The fraction of sp³-hybridized carbons (Fsp3) is 0.600. The normalized spacial score (nSPS) is 18.4. The van der Waals surface area contributed by atoms with E-state index in [9.17, 15) is 18.3 Å². The summed E-state index contributed by atoms with van der Waals surface area (Å²) in [5.41, 5.74) is 1.03. The Morgan fingerprint density at radius 2 is 2.14 bits per heavy atom. The van der Waals surface area contributed by atoms with Crippen LogP contribution in [0.15, 0.2) is 23.2 Å². The average Bonchev–Trinajstić information content (AvgIpc) is 2.96. The first-order chi connectivity index (χ1) is 13.4. The minimum atomic E-state index is -4.39. The van der Waals surface area contributed by atoms with Crippen LogP contribution in [0.3, 0.4) is 0 Å². The zero-order valence-corrected chi connectivity index (χ0v) is 17.1. The second kappa shape index (κ2) is 9.07. The van der Waals surface area contributed by atoms with Crippen LogP contribution in [0, 0.1) is 0 Å². The Labute approximate surface area is 167 Å². The van der Waals surface area contributed by atoms with Crippen molar-refractivity contribution in [2.24, 2.45) is 0 Å². The Morgan fingerprint density at radius 3 is 2.82 bits per heavy atom. The summed E-state index contributed by atoms with van der Waals surface area (Å²) in [7, 11) is 1.89. The molecule has 1 aromatic carbocycles. The number of hydrogen-bond donors (Lipinski definition) is 3. The van der Waals surface area contributed by atoms with Crippen LogP contribution in [0.25, 0.3) is 10.9 Å². The molecular weight excluding hydrogens is 387 g/mol. The first kappa shape index (κ1) is 21.5. The summed E-state index contributed by atoms with van der Waals surface area (Å²) in [4.78, 5) is 0. The molecule has 3 rings (SSSR count). The summed E-state index contributed by atoms with van der Waals surface area (Å²) in [6.07, 6.45) is -3.10. The Balaban J connectivity index is 2.06. The van der Waals surface area contributed by atoms with Gasteiger partial charge < -0.3 is 20.3 Å². The van der Waals surface area contributed by atoms with E-state index in [1.165, 1.54) is 12.1 Å². The molecule has 0 amide bonds. The number of likely N-dealkylation sites (N-methyl/N-ethyl adjacent to an activating group) is 1. The number of nitrogens with one attached hydrogen (secondary N) is 2. The third kappa shape index (κ3) is 4.50. The summed E-state index contributed by atoms with van der Waals surface area (Å²) in [6.45, 7) is 4.34. The summed E-state index contributed by atoms with van der Waals surface area (Å²) >= 11 is 1.68. The quantitative estimate of drug-likeness (QED) is 0.574. The molecule has 0 saturated carbocycles. The molecule has 0 spiro atoms. The van der Waals surface area contributed by atoms with Gasteiger partial charge in [-0.2, -0.15) is 13.2 Å². The summed E-state index contributed by atoms with van der Waals surface area (Å²) in [5.74, 6) is 1.18. The van der Waals surface area contributed by atoms with Crippen molar-refractivity contribution in [1.82, 2.24) is 15.2 Å². The van der Waals surface area contributed by atoms with E-state index in [4.69, 9.17) is 0 Å². The minimum absolute atomic E-state index is 0.261. The fourth-order valence-corrected chi connectivity index (χ4v) is 5.23. The Hall–Kier alpha value is -1.22. The van der Waals surface area contributed by atoms with Crippen LogP contribution in [0.4, 0.5) is 13.2 Å². The van der Waals surface area contributed by atoms with E-state index in [0.29, 0.717) is 12.1 Å². The van der Waals surface area contributed by atoms with Crippen LogP contribution in [0.2, 0.25) is 0 Å². The molecule has 0 aliphatic carbocycles. The molecule has 0 fully saturated rings. The maximum Gasteiger partial charge on any atom is 0.416 e. The molecule has 0 saturated heterocycles. The highest BCUT2D eigenvalue weighted by atomic mass is 32.2. The van der Waals surface area contributed by atoms with Crippen LogP contribution < -0.4 is 10.6 Å². The number of halogens is 3. The number of benzene rings is 1. The van der Waals surface area contributed by atoms with Gasteiger partial charge in [0.15, 0.2) is 0 Å². The number of hydrogen-bond acceptors (Lipinski definition) is 4. The molecule has 2 aromatic rings. The molecule has 2 unspecified atom stereocenters. The Bertz CT molecular complexity index is 806. The number of rotatable bonds is 8. The van der Waals surface area contributed by atoms with Gasteiger partial charge in [-0.25, -0.2) is 0 Å². The highest BCUT2D eigenvalue weighted by molar-refractivity contribution is 7.99. The topological polar surface area (TPSA) is 49.2 Å². The lowest BCUT2D eigenvalue weighted by Crippen LogP contribution is -2.31. The molecule has 0 bridgehead atoms. The maximum absolute atomic E-state index is 13.3. The lowest BCUT2D eigenvalue weighted by molar-refractivity contribution is -0.137. The van der Waals surface area contributed by atoms with Gasteiger partial charge in [0.2, 0.25) is 0 Å². The van der Waals surface area contributed by atoms with E-state index >= 15 is 0 Å². The van der Waals surface area contributed by atoms with Crippen molar-refractivity contribution < 1.29 is 18.3 Å². The van der Waals surface area contributed by atoms with Gasteiger partial charge in [-0.15, -0.1) is 11.8 Å². The van der Waals surface area contributed by atoms with E-state index in [0.717, 1.165) is 47.7 Å². The van der Waals surface area contributed by atoms with E-state index in [-0.39, 0.29) is 12.5 Å². The van der Waals surface area contributed by atoms with Gasteiger partial charge in [0, 0.05) is 35.7 Å². The number of nitrogens with zero attached hydrogens (tertiary/aromatic N) is 1. The van der Waals surface area contributed by atoms with Crippen molar-refractivity contribution >= 4 is 22.7 Å². The zero-order chi connectivity index (χ0) is 20.3. The zero-order valence-electron chi connectivity index (χ0n) is 16.3. The number of alkyl halides is 3. The van der Waals surface area contributed by atoms with Crippen LogP contribution in [0.5, 0.6) is 0 Å². The van der Waals surface area contributed by atoms with Crippen molar-refractivity contribution in [3.63, 3.8) is 0 Å². The van der Waals surface area contributed by atoms with Crippen LogP contribution in [0.1, 0.15) is 36.8 Å². The predicted molar refractivity (Wildman–Crippen MR) is 108 cm³/mol. The molecule has 0 radical (unpaired) electrons. The molecule has 2 atom stereocenters. The predicted octanol–water partition coefficient (Wildman–Crippen LogP) is 3.82. The van der Waals surface area contributed by atoms with Crippen molar-refractivity contribution in [2.75, 3.05) is 32.4 Å². The summed E-state index contributed by atoms with van der Waals surface area (Å²) in [6, 6.07) is 4.00. The average molecular weight is 416 g/mol. The third-order valence-electron chi connectivity index (χ3n) is 5.15. The van der Waals surface area contributed by atoms with Gasteiger partial charge in [0.05, 0.1) is 23.2 Å². The van der Waals surface area contributed by atoms with E-state index in [2.05, 4.69) is 10.6 Å². The number of aromatic nitrogens is 1. The number of fused-ring (bicyclic) bond motifs is 3. The van der Waals surface area contributed by atoms with E-state index in [1.54, 1.807) is 17.8 Å². The van der Waals surface area contributed by atoms with Gasteiger partial charge in [0.25, 0.3) is 0 Å². The molecular formula is C20H28F3N3OS. The van der Waals surface area contributed by atoms with Crippen LogP contribution >= 0.6 is 11.8 Å². The lowest BCUT2D eigenvalue weighted by Gasteiger charge is -2.24. The van der Waals surface area contributed by atoms with E-state index < -0.39 is 17.8 Å². The van der Waals surface area contributed by atoms with Crippen molar-refractivity contribution in [2.45, 2.75) is 49.5 Å².